The van der Waals surface area contributed by atoms with Gasteiger partial charge in [-0.2, -0.15) is 5.10 Å². The van der Waals surface area contributed by atoms with Gasteiger partial charge >= 0.3 is 0 Å². The van der Waals surface area contributed by atoms with Gasteiger partial charge in [0.1, 0.15) is 0 Å². The number of nitrogens with zero attached hydrogens (tertiary/aromatic N) is 2. The molecule has 0 aliphatic heterocycles. The number of anilines is 1. The molecule has 1 aromatic heterocycles. The van der Waals surface area contributed by atoms with E-state index in [-0.39, 0.29) is 0 Å². The van der Waals surface area contributed by atoms with Crippen molar-refractivity contribution in [2.24, 2.45) is 11.0 Å². The number of aryl methyl sites for hydroxylation is 1. The van der Waals surface area contributed by atoms with Crippen LogP contribution in [-0.4, -0.2) is 11.2 Å². The zero-order valence-corrected chi connectivity index (χ0v) is 12.4. The van der Waals surface area contributed by atoms with Gasteiger partial charge in [-0.05, 0) is 30.4 Å². The molecule has 2 aromatic rings. The van der Waals surface area contributed by atoms with E-state index in [0.717, 1.165) is 22.8 Å². The van der Waals surface area contributed by atoms with Gasteiger partial charge < -0.3 is 0 Å². The van der Waals surface area contributed by atoms with Crippen LogP contribution in [-0.2, 0) is 6.42 Å². The maximum atomic E-state index is 4.28. The fourth-order valence-electron chi connectivity index (χ4n) is 1.78. The molecule has 1 N–H and O–H groups in total. The second-order valence-electron chi connectivity index (χ2n) is 5.00. The van der Waals surface area contributed by atoms with Crippen LogP contribution in [0.25, 0.3) is 0 Å². The van der Waals surface area contributed by atoms with Crippen LogP contribution >= 0.6 is 11.3 Å². The highest BCUT2D eigenvalue weighted by Gasteiger charge is 1.97. The number of thiazole rings is 1. The van der Waals surface area contributed by atoms with Crippen molar-refractivity contribution < 1.29 is 0 Å². The molecule has 0 saturated carbocycles. The van der Waals surface area contributed by atoms with E-state index in [4.69, 9.17) is 0 Å². The molecule has 0 unspecified atom stereocenters. The number of nitrogens with one attached hydrogen (secondary N) is 1. The zero-order valence-electron chi connectivity index (χ0n) is 11.6. The molecule has 0 bridgehead atoms. The summed E-state index contributed by atoms with van der Waals surface area (Å²) in [5, 5.41) is 7.01. The molecule has 0 radical (unpaired) electrons. The topological polar surface area (TPSA) is 37.3 Å². The number of rotatable bonds is 5. The smallest absolute Gasteiger partial charge is 0.203 e. The first-order valence-corrected chi connectivity index (χ1v) is 7.31. The van der Waals surface area contributed by atoms with Crippen LogP contribution in [0.3, 0.4) is 0 Å². The molecule has 0 atom stereocenters. The number of benzene rings is 1. The molecule has 0 saturated heterocycles. The Morgan fingerprint density at radius 1 is 1.32 bits per heavy atom. The molecule has 0 spiro atoms. The largest absolute Gasteiger partial charge is 0.253 e. The molecule has 3 nitrogen and oxygen atoms in total. The summed E-state index contributed by atoms with van der Waals surface area (Å²) in [5.41, 5.74) is 6.41. The van der Waals surface area contributed by atoms with Crippen molar-refractivity contribution in [3.8, 4) is 0 Å². The first-order chi connectivity index (χ1) is 9.13. The molecular weight excluding hydrogens is 254 g/mol. The van der Waals surface area contributed by atoms with Crippen molar-refractivity contribution in [3.05, 3.63) is 46.5 Å². The first kappa shape index (κ1) is 13.7. The maximum absolute atomic E-state index is 4.28. The van der Waals surface area contributed by atoms with Gasteiger partial charge in [-0.1, -0.05) is 38.1 Å². The Morgan fingerprint density at radius 2 is 2.05 bits per heavy atom. The number of hydrogen-bond acceptors (Lipinski definition) is 4. The molecular formula is C15H19N3S. The average Bonchev–Trinajstić information content (AvgIpc) is 2.77. The van der Waals surface area contributed by atoms with E-state index in [1.165, 1.54) is 5.56 Å². The third-order valence-electron chi connectivity index (χ3n) is 2.62. The summed E-state index contributed by atoms with van der Waals surface area (Å²) in [6.07, 6.45) is 2.93. The first-order valence-electron chi connectivity index (χ1n) is 6.43. The van der Waals surface area contributed by atoms with Gasteiger partial charge in [0.05, 0.1) is 11.9 Å². The second-order valence-corrected chi connectivity index (χ2v) is 5.86. The number of hydrazone groups is 1. The summed E-state index contributed by atoms with van der Waals surface area (Å²) in [7, 11) is 0. The lowest BCUT2D eigenvalue weighted by atomic mass is 10.0. The van der Waals surface area contributed by atoms with Crippen molar-refractivity contribution >= 4 is 22.7 Å². The molecule has 0 fully saturated rings. The minimum absolute atomic E-state index is 0.689. The standard InChI is InChI=1S/C15H19N3S/c1-11(2)8-13-4-6-14(7-5-13)9-16-18-15-17-12(3)10-19-15/h4-7,9-11H,8H2,1-3H3,(H,17,18). The minimum Gasteiger partial charge on any atom is -0.253 e. The Kier molecular flexibility index (Phi) is 4.68. The molecule has 4 heteroatoms. The summed E-state index contributed by atoms with van der Waals surface area (Å²) in [4.78, 5) is 4.28. The Balaban J connectivity index is 1.92. The summed E-state index contributed by atoms with van der Waals surface area (Å²) in [5.74, 6) is 0.689. The second kappa shape index (κ2) is 6.48. The van der Waals surface area contributed by atoms with Gasteiger partial charge in [0.2, 0.25) is 5.13 Å². The summed E-state index contributed by atoms with van der Waals surface area (Å²) in [6.45, 7) is 6.43. The van der Waals surface area contributed by atoms with Crippen LogP contribution in [0.4, 0.5) is 5.13 Å². The lowest BCUT2D eigenvalue weighted by Crippen LogP contribution is -1.94. The summed E-state index contributed by atoms with van der Waals surface area (Å²) < 4.78 is 0. The van der Waals surface area contributed by atoms with E-state index in [1.807, 2.05) is 18.5 Å². The van der Waals surface area contributed by atoms with Crippen LogP contribution < -0.4 is 5.43 Å². The molecule has 100 valence electrons. The highest BCUT2D eigenvalue weighted by molar-refractivity contribution is 7.13. The van der Waals surface area contributed by atoms with E-state index in [9.17, 15) is 0 Å². The van der Waals surface area contributed by atoms with Gasteiger partial charge in [0, 0.05) is 5.38 Å². The van der Waals surface area contributed by atoms with Crippen LogP contribution in [0.2, 0.25) is 0 Å². The van der Waals surface area contributed by atoms with Crippen molar-refractivity contribution in [2.45, 2.75) is 27.2 Å². The molecule has 2 rings (SSSR count). The summed E-state index contributed by atoms with van der Waals surface area (Å²) in [6, 6.07) is 8.51. The Labute approximate surface area is 118 Å². The van der Waals surface area contributed by atoms with E-state index in [2.05, 4.69) is 53.6 Å². The number of aromatic nitrogens is 1. The van der Waals surface area contributed by atoms with Crippen LogP contribution in [0.1, 0.15) is 30.7 Å². The Bertz CT molecular complexity index is 541. The van der Waals surface area contributed by atoms with Crippen molar-refractivity contribution in [3.63, 3.8) is 0 Å². The predicted octanol–water partition coefficient (Wildman–Crippen LogP) is 4.10. The average molecular weight is 273 g/mol. The van der Waals surface area contributed by atoms with E-state index < -0.39 is 0 Å². The SMILES string of the molecule is Cc1csc(NN=Cc2ccc(CC(C)C)cc2)n1. The minimum atomic E-state index is 0.689. The highest BCUT2D eigenvalue weighted by atomic mass is 32.1. The van der Waals surface area contributed by atoms with Gasteiger partial charge in [-0.3, -0.25) is 5.43 Å². The van der Waals surface area contributed by atoms with Gasteiger partial charge in [0.15, 0.2) is 0 Å². The van der Waals surface area contributed by atoms with Gasteiger partial charge in [-0.25, -0.2) is 4.98 Å². The number of hydrogen-bond donors (Lipinski definition) is 1. The fraction of sp³-hybridized carbons (Fsp3) is 0.333. The van der Waals surface area contributed by atoms with Crippen molar-refractivity contribution in [1.29, 1.82) is 0 Å². The van der Waals surface area contributed by atoms with Crippen LogP contribution in [0, 0.1) is 12.8 Å². The third-order valence-corrected chi connectivity index (χ3v) is 3.48. The van der Waals surface area contributed by atoms with Gasteiger partial charge in [-0.15, -0.1) is 11.3 Å². The molecule has 0 amide bonds. The Morgan fingerprint density at radius 3 is 2.63 bits per heavy atom. The molecule has 19 heavy (non-hydrogen) atoms. The van der Waals surface area contributed by atoms with Gasteiger partial charge in [0.25, 0.3) is 0 Å². The van der Waals surface area contributed by atoms with Crippen molar-refractivity contribution in [2.75, 3.05) is 5.43 Å². The monoisotopic (exact) mass is 273 g/mol. The lowest BCUT2D eigenvalue weighted by Gasteiger charge is -2.04. The highest BCUT2D eigenvalue weighted by Crippen LogP contribution is 2.14. The lowest BCUT2D eigenvalue weighted by molar-refractivity contribution is 0.647. The maximum Gasteiger partial charge on any atom is 0.203 e. The van der Waals surface area contributed by atoms with Crippen LogP contribution in [0.15, 0.2) is 34.7 Å². The van der Waals surface area contributed by atoms with Crippen LogP contribution in [0.5, 0.6) is 0 Å². The van der Waals surface area contributed by atoms with Crippen molar-refractivity contribution in [1.82, 2.24) is 4.98 Å². The fourth-order valence-corrected chi connectivity index (χ4v) is 2.42. The van der Waals surface area contributed by atoms with E-state index >= 15 is 0 Å². The normalized spacial score (nSPS) is 11.4. The zero-order chi connectivity index (χ0) is 13.7. The quantitative estimate of drug-likeness (QED) is 0.658. The van der Waals surface area contributed by atoms with E-state index in [0.29, 0.717) is 5.92 Å². The third kappa shape index (κ3) is 4.48. The molecule has 0 aliphatic carbocycles. The van der Waals surface area contributed by atoms with E-state index in [1.54, 1.807) is 11.3 Å². The summed E-state index contributed by atoms with van der Waals surface area (Å²) >= 11 is 1.56. The Hall–Kier alpha value is -1.68. The molecule has 1 heterocycles. The molecule has 0 aliphatic rings. The molecule has 1 aromatic carbocycles. The predicted molar refractivity (Wildman–Crippen MR) is 83.1 cm³/mol.